The molecule has 2 aromatic carbocycles. The minimum absolute atomic E-state index is 0.0381. The van der Waals surface area contributed by atoms with Crippen LogP contribution in [0.1, 0.15) is 13.8 Å². The normalized spacial score (nSPS) is 12.2. The second kappa shape index (κ2) is 8.07. The van der Waals surface area contributed by atoms with Gasteiger partial charge >= 0.3 is 0 Å². The molecule has 0 radical (unpaired) electrons. The maximum atomic E-state index is 12.6. The van der Waals surface area contributed by atoms with E-state index in [2.05, 4.69) is 4.72 Å². The maximum absolute atomic E-state index is 12.6. The van der Waals surface area contributed by atoms with Gasteiger partial charge in [0.2, 0.25) is 10.0 Å². The van der Waals surface area contributed by atoms with E-state index in [1.54, 1.807) is 13.8 Å². The van der Waals surface area contributed by atoms with Crippen LogP contribution in [0, 0.1) is 0 Å². The fourth-order valence-corrected chi connectivity index (χ4v) is 4.96. The van der Waals surface area contributed by atoms with Crippen molar-refractivity contribution in [3.63, 3.8) is 0 Å². The highest BCUT2D eigenvalue weighted by Crippen LogP contribution is 2.23. The summed E-state index contributed by atoms with van der Waals surface area (Å²) in [6, 6.07) is 11.7. The SMILES string of the molecule is CCN(CC)S(=O)(=O)c1cccc(NS(=O)(=O)c2ccc(OC)cc2)c1. The highest BCUT2D eigenvalue weighted by atomic mass is 32.2. The fourth-order valence-electron chi connectivity index (χ4n) is 2.40. The second-order valence-corrected chi connectivity index (χ2v) is 9.02. The van der Waals surface area contributed by atoms with Gasteiger partial charge in [-0.05, 0) is 42.5 Å². The third-order valence-corrected chi connectivity index (χ3v) is 7.24. The standard InChI is InChI=1S/C17H22N2O5S2/c1-4-19(5-2)26(22,23)17-8-6-7-14(13-17)18-25(20,21)16-11-9-15(24-3)10-12-16/h6-13,18H,4-5H2,1-3H3. The number of benzene rings is 2. The van der Waals surface area contributed by atoms with E-state index in [9.17, 15) is 16.8 Å². The second-order valence-electron chi connectivity index (χ2n) is 5.40. The molecular formula is C17H22N2O5S2. The lowest BCUT2D eigenvalue weighted by atomic mass is 10.3. The molecular weight excluding hydrogens is 376 g/mol. The van der Waals surface area contributed by atoms with Crippen LogP contribution in [0.25, 0.3) is 0 Å². The molecule has 0 amide bonds. The van der Waals surface area contributed by atoms with Crippen LogP contribution >= 0.6 is 0 Å². The molecule has 0 saturated heterocycles. The van der Waals surface area contributed by atoms with Crippen molar-refractivity contribution in [2.45, 2.75) is 23.6 Å². The highest BCUT2D eigenvalue weighted by molar-refractivity contribution is 7.92. The molecule has 2 aromatic rings. The fraction of sp³-hybridized carbons (Fsp3) is 0.294. The molecule has 7 nitrogen and oxygen atoms in total. The summed E-state index contributed by atoms with van der Waals surface area (Å²) in [7, 11) is -6.03. The number of nitrogens with zero attached hydrogens (tertiary/aromatic N) is 1. The molecule has 0 aliphatic carbocycles. The molecule has 2 rings (SSSR count). The Bertz CT molecular complexity index is 951. The van der Waals surface area contributed by atoms with Gasteiger partial charge in [-0.1, -0.05) is 19.9 Å². The average Bonchev–Trinajstić information content (AvgIpc) is 2.62. The van der Waals surface area contributed by atoms with Gasteiger partial charge in [-0.3, -0.25) is 4.72 Å². The van der Waals surface area contributed by atoms with Crippen molar-refractivity contribution in [3.05, 3.63) is 48.5 Å². The number of anilines is 1. The first-order valence-electron chi connectivity index (χ1n) is 8.01. The van der Waals surface area contributed by atoms with Crippen LogP contribution in [0.3, 0.4) is 0 Å². The van der Waals surface area contributed by atoms with Crippen molar-refractivity contribution < 1.29 is 21.6 Å². The van der Waals surface area contributed by atoms with Crippen molar-refractivity contribution >= 4 is 25.7 Å². The number of sulfonamides is 2. The van der Waals surface area contributed by atoms with Crippen LogP contribution in [0.4, 0.5) is 5.69 Å². The monoisotopic (exact) mass is 398 g/mol. The van der Waals surface area contributed by atoms with Crippen LogP contribution in [-0.4, -0.2) is 41.3 Å². The predicted octanol–water partition coefficient (Wildman–Crippen LogP) is 2.53. The lowest BCUT2D eigenvalue weighted by molar-refractivity contribution is 0.414. The van der Waals surface area contributed by atoms with Gasteiger partial charge in [0.25, 0.3) is 10.0 Å². The Balaban J connectivity index is 2.33. The molecule has 26 heavy (non-hydrogen) atoms. The number of hydrogen-bond acceptors (Lipinski definition) is 5. The van der Waals surface area contributed by atoms with E-state index in [0.717, 1.165) is 0 Å². The van der Waals surface area contributed by atoms with E-state index in [1.807, 2.05) is 0 Å². The Kier molecular flexibility index (Phi) is 6.27. The largest absolute Gasteiger partial charge is 0.497 e. The smallest absolute Gasteiger partial charge is 0.261 e. The maximum Gasteiger partial charge on any atom is 0.261 e. The first-order valence-corrected chi connectivity index (χ1v) is 10.9. The third-order valence-electron chi connectivity index (χ3n) is 3.80. The molecule has 0 aliphatic rings. The topological polar surface area (TPSA) is 92.8 Å². The van der Waals surface area contributed by atoms with Gasteiger partial charge in [-0.2, -0.15) is 4.31 Å². The number of nitrogens with one attached hydrogen (secondary N) is 1. The first kappa shape index (κ1) is 20.2. The molecule has 0 heterocycles. The zero-order valence-corrected chi connectivity index (χ0v) is 16.5. The number of hydrogen-bond donors (Lipinski definition) is 1. The van der Waals surface area contributed by atoms with Crippen molar-refractivity contribution in [1.82, 2.24) is 4.31 Å². The summed E-state index contributed by atoms with van der Waals surface area (Å²) in [6.45, 7) is 4.16. The Hall–Kier alpha value is -2.10. The lowest BCUT2D eigenvalue weighted by Gasteiger charge is -2.19. The molecule has 1 N–H and O–H groups in total. The number of rotatable bonds is 8. The third kappa shape index (κ3) is 4.35. The van der Waals surface area contributed by atoms with Gasteiger partial charge in [0, 0.05) is 13.1 Å². The van der Waals surface area contributed by atoms with Gasteiger partial charge in [0.05, 0.1) is 22.6 Å². The summed E-state index contributed by atoms with van der Waals surface area (Å²) >= 11 is 0. The van der Waals surface area contributed by atoms with Crippen LogP contribution in [0.5, 0.6) is 5.75 Å². The summed E-state index contributed by atoms with van der Waals surface area (Å²) < 4.78 is 58.9. The molecule has 0 aliphatic heterocycles. The first-order chi connectivity index (χ1) is 12.2. The molecule has 0 unspecified atom stereocenters. The predicted molar refractivity (Wildman–Crippen MR) is 100 cm³/mol. The Morgan fingerprint density at radius 3 is 2.08 bits per heavy atom. The summed E-state index contributed by atoms with van der Waals surface area (Å²) in [5.74, 6) is 0.538. The minimum Gasteiger partial charge on any atom is -0.497 e. The van der Waals surface area contributed by atoms with Gasteiger partial charge in [-0.15, -0.1) is 0 Å². The summed E-state index contributed by atoms with van der Waals surface area (Å²) in [5, 5.41) is 0. The molecule has 0 saturated carbocycles. The van der Waals surface area contributed by atoms with E-state index >= 15 is 0 Å². The highest BCUT2D eigenvalue weighted by Gasteiger charge is 2.22. The van der Waals surface area contributed by atoms with Gasteiger partial charge in [0.1, 0.15) is 5.75 Å². The van der Waals surface area contributed by atoms with Crippen LogP contribution in [0.15, 0.2) is 58.3 Å². The van der Waals surface area contributed by atoms with E-state index in [1.165, 1.54) is 59.9 Å². The Labute approximate surface area is 154 Å². The zero-order chi connectivity index (χ0) is 19.4. The van der Waals surface area contributed by atoms with E-state index < -0.39 is 20.0 Å². The van der Waals surface area contributed by atoms with Crippen molar-refractivity contribution in [3.8, 4) is 5.75 Å². The molecule has 0 aromatic heterocycles. The number of ether oxygens (including phenoxy) is 1. The van der Waals surface area contributed by atoms with E-state index in [0.29, 0.717) is 18.8 Å². The van der Waals surface area contributed by atoms with Crippen molar-refractivity contribution in [2.24, 2.45) is 0 Å². The minimum atomic E-state index is -3.85. The Morgan fingerprint density at radius 2 is 1.54 bits per heavy atom. The molecule has 0 fully saturated rings. The molecule has 142 valence electrons. The molecule has 9 heteroatoms. The Morgan fingerprint density at radius 1 is 0.923 bits per heavy atom. The lowest BCUT2D eigenvalue weighted by Crippen LogP contribution is -2.30. The summed E-state index contributed by atoms with van der Waals surface area (Å²) in [6.07, 6.45) is 0. The number of methoxy groups -OCH3 is 1. The van der Waals surface area contributed by atoms with Gasteiger partial charge < -0.3 is 4.74 Å². The van der Waals surface area contributed by atoms with E-state index in [-0.39, 0.29) is 15.5 Å². The summed E-state index contributed by atoms with van der Waals surface area (Å²) in [5.41, 5.74) is 0.175. The van der Waals surface area contributed by atoms with Crippen LogP contribution in [-0.2, 0) is 20.0 Å². The average molecular weight is 399 g/mol. The van der Waals surface area contributed by atoms with Crippen molar-refractivity contribution in [1.29, 1.82) is 0 Å². The van der Waals surface area contributed by atoms with Crippen LogP contribution in [0.2, 0.25) is 0 Å². The van der Waals surface area contributed by atoms with Gasteiger partial charge in [0.15, 0.2) is 0 Å². The molecule has 0 bridgehead atoms. The molecule has 0 atom stereocenters. The summed E-state index contributed by atoms with van der Waals surface area (Å²) in [4.78, 5) is 0.0893. The van der Waals surface area contributed by atoms with Crippen LogP contribution < -0.4 is 9.46 Å². The van der Waals surface area contributed by atoms with E-state index in [4.69, 9.17) is 4.74 Å². The quantitative estimate of drug-likeness (QED) is 0.738. The zero-order valence-electron chi connectivity index (χ0n) is 14.8. The molecule has 0 spiro atoms. The van der Waals surface area contributed by atoms with Crippen molar-refractivity contribution in [2.75, 3.05) is 24.9 Å². The van der Waals surface area contributed by atoms with Gasteiger partial charge in [-0.25, -0.2) is 16.8 Å².